The largest absolute Gasteiger partial charge is 0.421 e. The maximum absolute atomic E-state index is 13.7. The van der Waals surface area contributed by atoms with Crippen molar-refractivity contribution in [2.45, 2.75) is 44.4 Å². The van der Waals surface area contributed by atoms with Crippen molar-refractivity contribution in [3.63, 3.8) is 0 Å². The Balaban J connectivity index is 1.71. The van der Waals surface area contributed by atoms with Crippen LogP contribution in [0.3, 0.4) is 0 Å². The minimum absolute atomic E-state index is 0.133. The monoisotopic (exact) mass is 503 g/mol. The van der Waals surface area contributed by atoms with Crippen molar-refractivity contribution in [3.05, 3.63) is 23.9 Å². The molecule has 3 unspecified atom stereocenters. The third-order valence-corrected chi connectivity index (χ3v) is 7.47. The highest BCUT2D eigenvalue weighted by Gasteiger charge is 2.36. The zero-order valence-electron chi connectivity index (χ0n) is 20.2. The van der Waals surface area contributed by atoms with E-state index in [-0.39, 0.29) is 23.8 Å². The van der Waals surface area contributed by atoms with Crippen LogP contribution in [0, 0.1) is 0 Å². The lowest BCUT2D eigenvalue weighted by Crippen LogP contribution is -2.45. The first-order valence-corrected chi connectivity index (χ1v) is 13.2. The van der Waals surface area contributed by atoms with Crippen LogP contribution in [0.15, 0.2) is 18.3 Å². The normalized spacial score (nSPS) is 22.8. The smallest absolute Gasteiger partial charge is 0.365 e. The summed E-state index contributed by atoms with van der Waals surface area (Å²) < 4.78 is 54.6. The van der Waals surface area contributed by atoms with Gasteiger partial charge < -0.3 is 20.4 Å². The molecule has 2 aliphatic heterocycles. The molecule has 12 heteroatoms. The number of alkyl halides is 3. The molecule has 0 radical (unpaired) electrons. The Morgan fingerprint density at radius 1 is 1.29 bits per heavy atom. The van der Waals surface area contributed by atoms with Crippen LogP contribution in [0.5, 0.6) is 0 Å². The SMILES string of the molecule is C=C(C)C(CCN1CCN(C)CC1)Nc1ncc(C(F)(F)F)c(NC2CCCN(S(C)=O)C2)n1. The summed E-state index contributed by atoms with van der Waals surface area (Å²) in [6.07, 6.45) is 0.00236. The number of halogens is 3. The van der Waals surface area contributed by atoms with Gasteiger partial charge in [0.05, 0.1) is 17.0 Å². The van der Waals surface area contributed by atoms with Crippen molar-refractivity contribution in [2.24, 2.45) is 0 Å². The van der Waals surface area contributed by atoms with Crippen molar-refractivity contribution in [3.8, 4) is 0 Å². The third-order valence-electron chi connectivity index (χ3n) is 6.41. The fraction of sp³-hybridized carbons (Fsp3) is 0.727. The second-order valence-electron chi connectivity index (χ2n) is 9.23. The summed E-state index contributed by atoms with van der Waals surface area (Å²) in [5.41, 5.74) is -0.0300. The second kappa shape index (κ2) is 11.8. The molecule has 0 aliphatic carbocycles. The fourth-order valence-corrected chi connectivity index (χ4v) is 5.01. The zero-order chi connectivity index (χ0) is 24.9. The van der Waals surface area contributed by atoms with Crippen molar-refractivity contribution in [1.82, 2.24) is 24.1 Å². The van der Waals surface area contributed by atoms with Gasteiger partial charge in [-0.05, 0) is 33.2 Å². The molecule has 0 amide bonds. The molecule has 2 N–H and O–H groups in total. The highest BCUT2D eigenvalue weighted by atomic mass is 32.2. The lowest BCUT2D eigenvalue weighted by atomic mass is 10.1. The van der Waals surface area contributed by atoms with Crippen LogP contribution in [0.4, 0.5) is 24.9 Å². The van der Waals surface area contributed by atoms with E-state index < -0.39 is 22.7 Å². The van der Waals surface area contributed by atoms with E-state index in [0.29, 0.717) is 19.5 Å². The van der Waals surface area contributed by atoms with Gasteiger partial charge in [-0.2, -0.15) is 18.2 Å². The summed E-state index contributed by atoms with van der Waals surface area (Å²) in [4.78, 5) is 12.9. The standard InChI is InChI=1S/C22H36F3N7OS/c1-16(2)19(7-9-31-12-10-30(3)11-13-31)28-21-26-14-18(22(23,24)25)20(29-21)27-17-6-5-8-32(15-17)34(4)33/h14,17,19H,1,5-13,15H2,2-4H3,(H2,26,27,28,29). The minimum Gasteiger partial charge on any atom is -0.365 e. The average molecular weight is 504 g/mol. The number of rotatable bonds is 9. The van der Waals surface area contributed by atoms with Gasteiger partial charge in [0.15, 0.2) is 0 Å². The highest BCUT2D eigenvalue weighted by molar-refractivity contribution is 7.81. The summed E-state index contributed by atoms with van der Waals surface area (Å²) in [5, 5.41) is 6.13. The summed E-state index contributed by atoms with van der Waals surface area (Å²) in [6, 6.07) is -0.437. The molecule has 0 spiro atoms. The van der Waals surface area contributed by atoms with Gasteiger partial charge in [-0.15, -0.1) is 0 Å². The van der Waals surface area contributed by atoms with Gasteiger partial charge in [-0.25, -0.2) is 13.5 Å². The van der Waals surface area contributed by atoms with Gasteiger partial charge >= 0.3 is 6.18 Å². The number of piperazine rings is 1. The number of anilines is 2. The van der Waals surface area contributed by atoms with Gasteiger partial charge in [0.2, 0.25) is 5.95 Å². The van der Waals surface area contributed by atoms with Gasteiger partial charge in [0.1, 0.15) is 11.4 Å². The highest BCUT2D eigenvalue weighted by Crippen LogP contribution is 2.34. The van der Waals surface area contributed by atoms with Crippen molar-refractivity contribution < 1.29 is 17.4 Å². The first-order chi connectivity index (χ1) is 16.0. The molecular weight excluding hydrogens is 467 g/mol. The molecule has 8 nitrogen and oxygen atoms in total. The summed E-state index contributed by atoms with van der Waals surface area (Å²) in [6.45, 7) is 11.9. The topological polar surface area (TPSA) is 76.6 Å². The molecule has 1 aromatic rings. The summed E-state index contributed by atoms with van der Waals surface area (Å²) in [7, 11) is 0.939. The Labute approximate surface area is 202 Å². The Kier molecular flexibility index (Phi) is 9.30. The molecule has 3 atom stereocenters. The van der Waals surface area contributed by atoms with E-state index in [1.165, 1.54) is 0 Å². The summed E-state index contributed by atoms with van der Waals surface area (Å²) >= 11 is 0. The van der Waals surface area contributed by atoms with Crippen LogP contribution in [0.1, 0.15) is 31.7 Å². The molecule has 2 saturated heterocycles. The molecule has 0 aromatic carbocycles. The van der Waals surface area contributed by atoms with Crippen LogP contribution < -0.4 is 10.6 Å². The number of likely N-dealkylation sites (N-methyl/N-ethyl adjacent to an activating group) is 1. The van der Waals surface area contributed by atoms with Gasteiger partial charge in [0, 0.05) is 64.3 Å². The Morgan fingerprint density at radius 3 is 2.62 bits per heavy atom. The van der Waals surface area contributed by atoms with Crippen LogP contribution in [0.25, 0.3) is 0 Å². The Morgan fingerprint density at radius 2 is 2.00 bits per heavy atom. The zero-order valence-corrected chi connectivity index (χ0v) is 21.0. The first kappa shape index (κ1) is 26.8. The summed E-state index contributed by atoms with van der Waals surface area (Å²) in [5.74, 6) is -0.119. The van der Waals surface area contributed by atoms with E-state index in [9.17, 15) is 17.4 Å². The van der Waals surface area contributed by atoms with Crippen molar-refractivity contribution in [2.75, 3.05) is 69.8 Å². The lowest BCUT2D eigenvalue weighted by molar-refractivity contribution is -0.137. The third kappa shape index (κ3) is 7.62. The van der Waals surface area contributed by atoms with E-state index in [1.807, 2.05) is 6.92 Å². The number of hydrogen-bond acceptors (Lipinski definition) is 7. The molecule has 3 rings (SSSR count). The fourth-order valence-electron chi connectivity index (χ4n) is 4.24. The van der Waals surface area contributed by atoms with Gasteiger partial charge in [0.25, 0.3) is 0 Å². The van der Waals surface area contributed by atoms with Gasteiger partial charge in [-0.1, -0.05) is 12.2 Å². The van der Waals surface area contributed by atoms with Crippen molar-refractivity contribution in [1.29, 1.82) is 0 Å². The van der Waals surface area contributed by atoms with Crippen molar-refractivity contribution >= 4 is 22.8 Å². The number of aromatic nitrogens is 2. The van der Waals surface area contributed by atoms with E-state index in [2.05, 4.69) is 44.0 Å². The lowest BCUT2D eigenvalue weighted by Gasteiger charge is -2.33. The van der Waals surface area contributed by atoms with E-state index >= 15 is 0 Å². The molecule has 0 saturated carbocycles. The predicted octanol–water partition coefficient (Wildman–Crippen LogP) is 2.66. The van der Waals surface area contributed by atoms with E-state index in [1.54, 1.807) is 10.6 Å². The number of piperidine rings is 1. The van der Waals surface area contributed by atoms with E-state index in [4.69, 9.17) is 0 Å². The van der Waals surface area contributed by atoms with Crippen LogP contribution >= 0.6 is 0 Å². The maximum Gasteiger partial charge on any atom is 0.421 e. The van der Waals surface area contributed by atoms with E-state index in [0.717, 1.165) is 57.3 Å². The quantitative estimate of drug-likeness (QED) is 0.502. The second-order valence-corrected chi connectivity index (χ2v) is 10.6. The molecule has 2 aliphatic rings. The minimum atomic E-state index is -4.59. The molecule has 34 heavy (non-hydrogen) atoms. The Bertz CT molecular complexity index is 861. The maximum atomic E-state index is 13.7. The molecular formula is C22H36F3N7OS. The molecule has 1 aromatic heterocycles. The Hall–Kier alpha value is -1.76. The van der Waals surface area contributed by atoms with Crippen LogP contribution in [0.2, 0.25) is 0 Å². The van der Waals surface area contributed by atoms with Crippen LogP contribution in [-0.4, -0.2) is 99.5 Å². The average Bonchev–Trinajstić information content (AvgIpc) is 2.77. The van der Waals surface area contributed by atoms with Crippen LogP contribution in [-0.2, 0) is 17.2 Å². The molecule has 3 heterocycles. The molecule has 192 valence electrons. The number of nitrogens with one attached hydrogen (secondary N) is 2. The number of nitrogens with zero attached hydrogens (tertiary/aromatic N) is 5. The number of hydrogen-bond donors (Lipinski definition) is 2. The molecule has 2 fully saturated rings. The van der Waals surface area contributed by atoms with Gasteiger partial charge in [-0.3, -0.25) is 0 Å². The molecule has 0 bridgehead atoms. The first-order valence-electron chi connectivity index (χ1n) is 11.6. The predicted molar refractivity (Wildman–Crippen MR) is 130 cm³/mol.